The number of hydrogen-bond donors (Lipinski definition) is 2. The highest BCUT2D eigenvalue weighted by molar-refractivity contribution is 9.10. The molecule has 3 aromatic carbocycles. The second-order valence-electron chi connectivity index (χ2n) is 6.18. The van der Waals surface area contributed by atoms with Crippen LogP contribution in [0.1, 0.15) is 21.7 Å². The van der Waals surface area contributed by atoms with E-state index in [1.54, 1.807) is 12.1 Å². The highest BCUT2D eigenvalue weighted by Crippen LogP contribution is 2.20. The number of aromatic amines is 1. The van der Waals surface area contributed by atoms with Gasteiger partial charge in [-0.05, 0) is 54.1 Å². The van der Waals surface area contributed by atoms with Gasteiger partial charge in [-0.1, -0.05) is 62.2 Å². The molecule has 6 heteroatoms. The van der Waals surface area contributed by atoms with Crippen molar-refractivity contribution in [3.8, 4) is 0 Å². The zero-order chi connectivity index (χ0) is 19.5. The summed E-state index contributed by atoms with van der Waals surface area (Å²) >= 11 is 6.85. The number of halogens is 2. The molecule has 0 aliphatic carbocycles. The van der Waals surface area contributed by atoms with E-state index in [9.17, 15) is 4.79 Å². The maximum absolute atomic E-state index is 12.8. The molecule has 0 atom stereocenters. The van der Waals surface area contributed by atoms with E-state index in [1.807, 2.05) is 66.7 Å². The Morgan fingerprint density at radius 3 is 2.46 bits per heavy atom. The first kappa shape index (κ1) is 18.7. The van der Waals surface area contributed by atoms with Crippen molar-refractivity contribution in [2.24, 2.45) is 0 Å². The third-order valence-electron chi connectivity index (χ3n) is 4.16. The van der Waals surface area contributed by atoms with E-state index in [0.717, 1.165) is 25.5 Å². The molecular weight excluding hydrogens is 482 g/mol. The molecule has 0 radical (unpaired) electrons. The van der Waals surface area contributed by atoms with Crippen molar-refractivity contribution >= 4 is 60.6 Å². The number of carbonyl (C=O) groups excluding carboxylic acids is 1. The van der Waals surface area contributed by atoms with Gasteiger partial charge in [-0.3, -0.25) is 4.79 Å². The molecule has 4 rings (SSSR count). The summed E-state index contributed by atoms with van der Waals surface area (Å²) < 4.78 is 1.84. The number of fused-ring (bicyclic) bond motifs is 1. The first-order valence-corrected chi connectivity index (χ1v) is 10.2. The van der Waals surface area contributed by atoms with Crippen LogP contribution in [0.25, 0.3) is 22.8 Å². The summed E-state index contributed by atoms with van der Waals surface area (Å²) in [7, 11) is 0. The molecule has 0 aliphatic heterocycles. The topological polar surface area (TPSA) is 57.8 Å². The third-order valence-corrected chi connectivity index (χ3v) is 5.18. The Hall–Kier alpha value is -2.70. The fourth-order valence-electron chi connectivity index (χ4n) is 2.79. The lowest BCUT2D eigenvalue weighted by atomic mass is 10.1. The predicted molar refractivity (Wildman–Crippen MR) is 120 cm³/mol. The Labute approximate surface area is 179 Å². The van der Waals surface area contributed by atoms with Crippen molar-refractivity contribution in [2.75, 3.05) is 0 Å². The van der Waals surface area contributed by atoms with E-state index in [1.165, 1.54) is 0 Å². The van der Waals surface area contributed by atoms with E-state index in [4.69, 9.17) is 0 Å². The van der Waals surface area contributed by atoms with E-state index in [-0.39, 0.29) is 5.91 Å². The molecule has 0 spiro atoms. The first-order chi connectivity index (χ1) is 13.6. The second kappa shape index (κ2) is 8.12. The molecule has 0 aliphatic rings. The Kier molecular flexibility index (Phi) is 5.41. The van der Waals surface area contributed by atoms with Crippen LogP contribution in [0.15, 0.2) is 81.7 Å². The van der Waals surface area contributed by atoms with Crippen LogP contribution in [0.4, 0.5) is 0 Å². The molecule has 4 nitrogen and oxygen atoms in total. The number of carbonyl (C=O) groups is 1. The molecule has 2 N–H and O–H groups in total. The van der Waals surface area contributed by atoms with Crippen LogP contribution in [0, 0.1) is 0 Å². The zero-order valence-electron chi connectivity index (χ0n) is 14.6. The maximum atomic E-state index is 12.8. The van der Waals surface area contributed by atoms with Crippen LogP contribution in [0.2, 0.25) is 0 Å². The molecule has 0 fully saturated rings. The molecule has 0 bridgehead atoms. The van der Waals surface area contributed by atoms with Gasteiger partial charge < -0.3 is 10.3 Å². The summed E-state index contributed by atoms with van der Waals surface area (Å²) in [5, 5.41) is 3.00. The largest absolute Gasteiger partial charge is 0.337 e. The van der Waals surface area contributed by atoms with Gasteiger partial charge in [0.2, 0.25) is 0 Å². The summed E-state index contributed by atoms with van der Waals surface area (Å²) in [6, 6.07) is 22.9. The highest BCUT2D eigenvalue weighted by Gasteiger charge is 2.13. The van der Waals surface area contributed by atoms with Gasteiger partial charge in [-0.25, -0.2) is 4.98 Å². The van der Waals surface area contributed by atoms with E-state index in [2.05, 4.69) is 47.1 Å². The normalized spacial score (nSPS) is 11.6. The molecule has 28 heavy (non-hydrogen) atoms. The van der Waals surface area contributed by atoms with Crippen molar-refractivity contribution in [2.45, 2.75) is 0 Å². The number of hydrogen-bond acceptors (Lipinski definition) is 2. The lowest BCUT2D eigenvalue weighted by molar-refractivity contribution is 0.0973. The molecule has 138 valence electrons. The lowest BCUT2D eigenvalue weighted by Crippen LogP contribution is -2.22. The minimum atomic E-state index is -0.204. The van der Waals surface area contributed by atoms with Crippen LogP contribution in [-0.4, -0.2) is 15.9 Å². The fraction of sp³-hybridized carbons (Fsp3) is 0. The summed E-state index contributed by atoms with van der Waals surface area (Å²) in [4.78, 5) is 20.7. The molecule has 4 aromatic rings. The summed E-state index contributed by atoms with van der Waals surface area (Å²) in [5.41, 5.74) is 3.87. The third kappa shape index (κ3) is 4.24. The number of amides is 1. The van der Waals surface area contributed by atoms with Gasteiger partial charge >= 0.3 is 0 Å². The Morgan fingerprint density at radius 2 is 1.71 bits per heavy atom. The summed E-state index contributed by atoms with van der Waals surface area (Å²) in [5.74, 6) is 0.401. The lowest BCUT2D eigenvalue weighted by Gasteiger charge is -2.09. The molecule has 0 unspecified atom stereocenters. The first-order valence-electron chi connectivity index (χ1n) is 8.58. The predicted octanol–water partition coefficient (Wildman–Crippen LogP) is 6.02. The molecule has 1 amide bonds. The Bertz CT molecular complexity index is 1150. The second-order valence-corrected chi connectivity index (χ2v) is 8.01. The number of imidazole rings is 1. The van der Waals surface area contributed by atoms with E-state index < -0.39 is 0 Å². The van der Waals surface area contributed by atoms with Gasteiger partial charge in [-0.15, -0.1) is 0 Å². The SMILES string of the molecule is O=C(NC(=Cc1ccc(Br)cc1)c1nc2ccccc2[nH]1)c1cccc(Br)c1. The average molecular weight is 497 g/mol. The van der Waals surface area contributed by atoms with Crippen LogP contribution in [0.3, 0.4) is 0 Å². The molecule has 1 aromatic heterocycles. The van der Waals surface area contributed by atoms with Gasteiger partial charge in [0.05, 0.1) is 16.7 Å². The highest BCUT2D eigenvalue weighted by atomic mass is 79.9. The fourth-order valence-corrected chi connectivity index (χ4v) is 3.46. The van der Waals surface area contributed by atoms with Crippen LogP contribution < -0.4 is 5.32 Å². The smallest absolute Gasteiger partial charge is 0.255 e. The number of benzene rings is 3. The molecule has 0 saturated heterocycles. The number of nitrogens with one attached hydrogen (secondary N) is 2. The standard InChI is InChI=1S/C22H15Br2N3O/c23-16-10-8-14(9-11-16)12-20(21-25-18-6-1-2-7-19(18)26-21)27-22(28)15-4-3-5-17(24)13-15/h1-13H,(H,25,26)(H,27,28). The van der Waals surface area contributed by atoms with Gasteiger partial charge in [0.25, 0.3) is 5.91 Å². The van der Waals surface area contributed by atoms with Crippen molar-refractivity contribution in [3.05, 3.63) is 98.7 Å². The van der Waals surface area contributed by atoms with Gasteiger partial charge in [0.1, 0.15) is 0 Å². The summed E-state index contributed by atoms with van der Waals surface area (Å²) in [6.07, 6.45) is 1.90. The molecule has 1 heterocycles. The van der Waals surface area contributed by atoms with Gasteiger partial charge in [-0.2, -0.15) is 0 Å². The Morgan fingerprint density at radius 1 is 0.929 bits per heavy atom. The Balaban J connectivity index is 1.74. The van der Waals surface area contributed by atoms with Crippen molar-refractivity contribution < 1.29 is 4.79 Å². The minimum Gasteiger partial charge on any atom is -0.337 e. The van der Waals surface area contributed by atoms with Gasteiger partial charge in [0.15, 0.2) is 5.82 Å². The number of aromatic nitrogens is 2. The quantitative estimate of drug-likeness (QED) is 0.363. The number of rotatable bonds is 4. The maximum Gasteiger partial charge on any atom is 0.255 e. The van der Waals surface area contributed by atoms with Gasteiger partial charge in [0, 0.05) is 14.5 Å². The van der Waals surface area contributed by atoms with Crippen molar-refractivity contribution in [1.29, 1.82) is 0 Å². The number of para-hydroxylation sites is 2. The minimum absolute atomic E-state index is 0.204. The van der Waals surface area contributed by atoms with Crippen LogP contribution in [-0.2, 0) is 0 Å². The van der Waals surface area contributed by atoms with Crippen LogP contribution >= 0.6 is 31.9 Å². The molecule has 0 saturated carbocycles. The molecular formula is C22H15Br2N3O. The van der Waals surface area contributed by atoms with Crippen molar-refractivity contribution in [1.82, 2.24) is 15.3 Å². The number of nitrogens with zero attached hydrogens (tertiary/aromatic N) is 1. The van der Waals surface area contributed by atoms with Crippen molar-refractivity contribution in [3.63, 3.8) is 0 Å². The van der Waals surface area contributed by atoms with E-state index >= 15 is 0 Å². The monoisotopic (exact) mass is 495 g/mol. The van der Waals surface area contributed by atoms with E-state index in [0.29, 0.717) is 17.1 Å². The number of H-pyrrole nitrogens is 1. The average Bonchev–Trinajstić information content (AvgIpc) is 3.13. The summed E-state index contributed by atoms with van der Waals surface area (Å²) in [6.45, 7) is 0. The van der Waals surface area contributed by atoms with Crippen LogP contribution in [0.5, 0.6) is 0 Å². The zero-order valence-corrected chi connectivity index (χ0v) is 17.8.